The largest absolute Gasteiger partial charge is 0.399 e. The molecule has 0 aliphatic rings. The van der Waals surface area contributed by atoms with Crippen LogP contribution in [0.1, 0.15) is 37.0 Å². The Kier molecular flexibility index (Phi) is 5.18. The molecule has 1 atom stereocenters. The average Bonchev–Trinajstić information content (AvgIpc) is 2.38. The van der Waals surface area contributed by atoms with Crippen molar-refractivity contribution in [3.8, 4) is 0 Å². The number of carbonyl (C=O) groups is 1. The van der Waals surface area contributed by atoms with Crippen molar-refractivity contribution in [1.29, 1.82) is 0 Å². The summed E-state index contributed by atoms with van der Waals surface area (Å²) >= 11 is 0. The van der Waals surface area contributed by atoms with Crippen LogP contribution in [-0.2, 0) is 0 Å². The fourth-order valence-electron chi connectivity index (χ4n) is 1.90. The molecule has 0 aromatic heterocycles. The molecule has 5 heteroatoms. The summed E-state index contributed by atoms with van der Waals surface area (Å²) in [5.74, 6) is -0.162. The predicted molar refractivity (Wildman–Crippen MR) is 78.3 cm³/mol. The minimum absolute atomic E-state index is 0.0922. The van der Waals surface area contributed by atoms with Crippen LogP contribution in [0.5, 0.6) is 0 Å². The zero-order valence-corrected chi connectivity index (χ0v) is 11.8. The maximum atomic E-state index is 11.8. The first kappa shape index (κ1) is 15.3. The second-order valence-electron chi connectivity index (χ2n) is 4.90. The van der Waals surface area contributed by atoms with Crippen molar-refractivity contribution in [2.75, 3.05) is 24.7 Å². The number of hydrogen-bond acceptors (Lipinski definition) is 4. The van der Waals surface area contributed by atoms with Gasteiger partial charge in [-0.2, -0.15) is 0 Å². The lowest BCUT2D eigenvalue weighted by molar-refractivity contribution is 0.0964. The quantitative estimate of drug-likeness (QED) is 0.588. The molecule has 5 N–H and O–H groups in total. The van der Waals surface area contributed by atoms with Gasteiger partial charge in [-0.15, -0.1) is 0 Å². The highest BCUT2D eigenvalue weighted by Gasteiger charge is 2.23. The van der Waals surface area contributed by atoms with Crippen LogP contribution in [0, 0.1) is 0 Å². The van der Waals surface area contributed by atoms with Crippen LogP contribution in [0.3, 0.4) is 0 Å². The van der Waals surface area contributed by atoms with Crippen molar-refractivity contribution in [3.05, 3.63) is 23.8 Å². The van der Waals surface area contributed by atoms with Crippen molar-refractivity contribution in [2.24, 2.45) is 0 Å². The van der Waals surface area contributed by atoms with Crippen LogP contribution in [0.4, 0.5) is 11.4 Å². The van der Waals surface area contributed by atoms with Crippen LogP contribution in [-0.4, -0.2) is 30.2 Å². The fraction of sp³-hybridized carbons (Fsp3) is 0.500. The first-order valence-electron chi connectivity index (χ1n) is 6.46. The van der Waals surface area contributed by atoms with E-state index in [1.807, 2.05) is 13.8 Å². The summed E-state index contributed by atoms with van der Waals surface area (Å²) in [4.78, 5) is 11.8. The Bertz CT molecular complexity index is 448. The van der Waals surface area contributed by atoms with Gasteiger partial charge in [-0.1, -0.05) is 6.92 Å². The predicted octanol–water partition coefficient (Wildman–Crippen LogP) is 1.59. The van der Waals surface area contributed by atoms with Gasteiger partial charge in [0.15, 0.2) is 0 Å². The van der Waals surface area contributed by atoms with Gasteiger partial charge < -0.3 is 21.5 Å². The molecule has 1 rings (SSSR count). The Morgan fingerprint density at radius 3 is 2.68 bits per heavy atom. The zero-order valence-electron chi connectivity index (χ0n) is 11.8. The van der Waals surface area contributed by atoms with Crippen molar-refractivity contribution in [2.45, 2.75) is 32.2 Å². The summed E-state index contributed by atoms with van der Waals surface area (Å²) < 4.78 is 0. The van der Waals surface area contributed by atoms with E-state index >= 15 is 0 Å². The number of carbonyl (C=O) groups excluding carboxylic acids is 1. The third-order valence-electron chi connectivity index (χ3n) is 3.40. The maximum Gasteiger partial charge on any atom is 0.253 e. The van der Waals surface area contributed by atoms with Crippen LogP contribution in [0.2, 0.25) is 0 Å². The molecular formula is C14H23N3O2. The van der Waals surface area contributed by atoms with E-state index in [1.54, 1.807) is 25.2 Å². The Morgan fingerprint density at radius 2 is 2.16 bits per heavy atom. The summed E-state index contributed by atoms with van der Waals surface area (Å²) in [6.45, 7) is 4.14. The smallest absolute Gasteiger partial charge is 0.253 e. The molecule has 106 valence electrons. The van der Waals surface area contributed by atoms with E-state index in [2.05, 4.69) is 10.6 Å². The normalized spacial score (nSPS) is 13.7. The van der Waals surface area contributed by atoms with E-state index in [0.717, 1.165) is 6.42 Å². The molecule has 0 aliphatic carbocycles. The van der Waals surface area contributed by atoms with Crippen molar-refractivity contribution >= 4 is 17.3 Å². The summed E-state index contributed by atoms with van der Waals surface area (Å²) in [5.41, 5.74) is 7.35. The number of hydrogen-bond donors (Lipinski definition) is 4. The molecule has 19 heavy (non-hydrogen) atoms. The zero-order chi connectivity index (χ0) is 14.5. The molecule has 0 radical (unpaired) electrons. The van der Waals surface area contributed by atoms with Crippen LogP contribution in [0.25, 0.3) is 0 Å². The standard InChI is InChI=1S/C14H23N3O2/c1-4-14(2,7-8-18)17-12-9-10(15)5-6-11(12)13(19)16-3/h5-6,9,17-18H,4,7-8,15H2,1-3H3,(H,16,19). The van der Waals surface area contributed by atoms with Crippen LogP contribution in [0.15, 0.2) is 18.2 Å². The van der Waals surface area contributed by atoms with Gasteiger partial charge >= 0.3 is 0 Å². The topological polar surface area (TPSA) is 87.4 Å². The number of nitrogens with one attached hydrogen (secondary N) is 2. The number of amides is 1. The van der Waals surface area contributed by atoms with Gasteiger partial charge in [-0.3, -0.25) is 4.79 Å². The van der Waals surface area contributed by atoms with Gasteiger partial charge in [0, 0.05) is 30.6 Å². The number of aliphatic hydroxyl groups is 1. The molecule has 5 nitrogen and oxygen atoms in total. The molecule has 0 spiro atoms. The van der Waals surface area contributed by atoms with Gasteiger partial charge in [0.1, 0.15) is 0 Å². The van der Waals surface area contributed by atoms with Crippen molar-refractivity contribution in [3.63, 3.8) is 0 Å². The number of aliphatic hydroxyl groups excluding tert-OH is 1. The number of anilines is 2. The summed E-state index contributed by atoms with van der Waals surface area (Å²) in [6.07, 6.45) is 1.43. The number of nitrogens with two attached hydrogens (primary N) is 1. The van der Waals surface area contributed by atoms with Gasteiger partial charge in [0.2, 0.25) is 0 Å². The highest BCUT2D eigenvalue weighted by Crippen LogP contribution is 2.26. The fourth-order valence-corrected chi connectivity index (χ4v) is 1.90. The molecule has 0 saturated heterocycles. The highest BCUT2D eigenvalue weighted by molar-refractivity contribution is 6.00. The lowest BCUT2D eigenvalue weighted by Crippen LogP contribution is -2.36. The number of rotatable bonds is 6. The van der Waals surface area contributed by atoms with E-state index in [0.29, 0.717) is 23.4 Å². The minimum Gasteiger partial charge on any atom is -0.399 e. The first-order valence-corrected chi connectivity index (χ1v) is 6.46. The van der Waals surface area contributed by atoms with Gasteiger partial charge in [-0.05, 0) is 38.0 Å². The Hall–Kier alpha value is -1.75. The molecule has 1 amide bonds. The molecule has 0 bridgehead atoms. The van der Waals surface area contributed by atoms with E-state index in [4.69, 9.17) is 10.8 Å². The van der Waals surface area contributed by atoms with Gasteiger partial charge in [0.05, 0.1) is 5.56 Å². The van der Waals surface area contributed by atoms with E-state index in [-0.39, 0.29) is 18.1 Å². The molecule has 0 fully saturated rings. The van der Waals surface area contributed by atoms with Gasteiger partial charge in [0.25, 0.3) is 5.91 Å². The SMILES string of the molecule is CCC(C)(CCO)Nc1cc(N)ccc1C(=O)NC. The molecule has 0 aliphatic heterocycles. The molecule has 1 unspecified atom stereocenters. The Morgan fingerprint density at radius 1 is 1.47 bits per heavy atom. The molecule has 1 aromatic carbocycles. The average molecular weight is 265 g/mol. The van der Waals surface area contributed by atoms with Gasteiger partial charge in [-0.25, -0.2) is 0 Å². The summed E-state index contributed by atoms with van der Waals surface area (Å²) in [5, 5.41) is 15.1. The van der Waals surface area contributed by atoms with Crippen molar-refractivity contribution < 1.29 is 9.90 Å². The Balaban J connectivity index is 3.10. The third kappa shape index (κ3) is 3.86. The van der Waals surface area contributed by atoms with E-state index in [1.165, 1.54) is 0 Å². The van der Waals surface area contributed by atoms with Crippen LogP contribution < -0.4 is 16.4 Å². The first-order chi connectivity index (χ1) is 8.95. The molecular weight excluding hydrogens is 242 g/mol. The molecule has 1 aromatic rings. The van der Waals surface area contributed by atoms with E-state index in [9.17, 15) is 4.79 Å². The monoisotopic (exact) mass is 265 g/mol. The maximum absolute atomic E-state index is 11.8. The summed E-state index contributed by atoms with van der Waals surface area (Å²) in [6, 6.07) is 5.15. The minimum atomic E-state index is -0.273. The number of nitrogen functional groups attached to an aromatic ring is 1. The Labute approximate surface area is 114 Å². The van der Waals surface area contributed by atoms with Crippen molar-refractivity contribution in [1.82, 2.24) is 5.32 Å². The van der Waals surface area contributed by atoms with E-state index < -0.39 is 0 Å². The summed E-state index contributed by atoms with van der Waals surface area (Å²) in [7, 11) is 1.59. The third-order valence-corrected chi connectivity index (χ3v) is 3.40. The number of benzene rings is 1. The molecule has 0 saturated carbocycles. The second-order valence-corrected chi connectivity index (χ2v) is 4.90. The lowest BCUT2D eigenvalue weighted by Gasteiger charge is -2.31. The van der Waals surface area contributed by atoms with Crippen LogP contribution >= 0.6 is 0 Å². The highest BCUT2D eigenvalue weighted by atomic mass is 16.3. The lowest BCUT2D eigenvalue weighted by atomic mass is 9.93. The second kappa shape index (κ2) is 6.43. The molecule has 0 heterocycles.